The van der Waals surface area contributed by atoms with E-state index in [1.165, 1.54) is 0 Å². The van der Waals surface area contributed by atoms with Crippen molar-refractivity contribution < 1.29 is 13.9 Å². The first-order chi connectivity index (χ1) is 6.99. The molecule has 2 nitrogen and oxygen atoms in total. The number of phenols is 1. The van der Waals surface area contributed by atoms with Gasteiger partial charge in [-0.15, -0.1) is 0 Å². The summed E-state index contributed by atoms with van der Waals surface area (Å²) in [4.78, 5) is 0. The lowest BCUT2D eigenvalue weighted by molar-refractivity contribution is 0.423. The SMILES string of the molecule is CCC[C@H](N)c1c(O)c(Br)cc(F)c1F. The van der Waals surface area contributed by atoms with Gasteiger partial charge in [0, 0.05) is 6.04 Å². The molecule has 0 aliphatic carbocycles. The molecule has 0 spiro atoms. The molecule has 5 heteroatoms. The molecule has 1 aromatic rings. The van der Waals surface area contributed by atoms with Crippen molar-refractivity contribution in [2.45, 2.75) is 25.8 Å². The molecule has 0 heterocycles. The van der Waals surface area contributed by atoms with Gasteiger partial charge in [-0.3, -0.25) is 0 Å². The van der Waals surface area contributed by atoms with E-state index in [-0.39, 0.29) is 15.8 Å². The van der Waals surface area contributed by atoms with E-state index in [0.717, 1.165) is 12.5 Å². The molecule has 3 N–H and O–H groups in total. The molecule has 0 aromatic heterocycles. The van der Waals surface area contributed by atoms with Gasteiger partial charge in [0.15, 0.2) is 11.6 Å². The van der Waals surface area contributed by atoms with Gasteiger partial charge in [-0.05, 0) is 28.4 Å². The van der Waals surface area contributed by atoms with Gasteiger partial charge < -0.3 is 10.8 Å². The summed E-state index contributed by atoms with van der Waals surface area (Å²) in [5.41, 5.74) is 5.49. The Hall–Kier alpha value is -0.680. The number of halogens is 3. The summed E-state index contributed by atoms with van der Waals surface area (Å²) in [5.74, 6) is -2.41. The molecule has 0 unspecified atom stereocenters. The van der Waals surface area contributed by atoms with Crippen molar-refractivity contribution in [3.8, 4) is 5.75 Å². The second kappa shape index (κ2) is 4.90. The highest BCUT2D eigenvalue weighted by molar-refractivity contribution is 9.10. The highest BCUT2D eigenvalue weighted by atomic mass is 79.9. The van der Waals surface area contributed by atoms with Crippen LogP contribution in [-0.2, 0) is 0 Å². The number of aromatic hydroxyl groups is 1. The summed E-state index contributed by atoms with van der Waals surface area (Å²) < 4.78 is 26.5. The zero-order valence-electron chi connectivity index (χ0n) is 8.23. The smallest absolute Gasteiger partial charge is 0.167 e. The fourth-order valence-corrected chi connectivity index (χ4v) is 1.81. The Bertz CT molecular complexity index is 345. The number of hydrogen-bond acceptors (Lipinski definition) is 2. The first kappa shape index (κ1) is 12.4. The fraction of sp³-hybridized carbons (Fsp3) is 0.400. The number of rotatable bonds is 3. The monoisotopic (exact) mass is 279 g/mol. The predicted molar refractivity (Wildman–Crippen MR) is 57.6 cm³/mol. The largest absolute Gasteiger partial charge is 0.506 e. The Kier molecular flexibility index (Phi) is 4.04. The minimum Gasteiger partial charge on any atom is -0.506 e. The van der Waals surface area contributed by atoms with Gasteiger partial charge in [-0.2, -0.15) is 0 Å². The number of phenolic OH excluding ortho intramolecular Hbond substituents is 1. The Labute approximate surface area is 95.2 Å². The lowest BCUT2D eigenvalue weighted by Crippen LogP contribution is -2.13. The quantitative estimate of drug-likeness (QED) is 0.835. The van der Waals surface area contributed by atoms with E-state index in [1.54, 1.807) is 0 Å². The van der Waals surface area contributed by atoms with E-state index >= 15 is 0 Å². The maximum Gasteiger partial charge on any atom is 0.167 e. The molecule has 0 aliphatic rings. The van der Waals surface area contributed by atoms with Gasteiger partial charge in [0.1, 0.15) is 5.75 Å². The second-order valence-electron chi connectivity index (χ2n) is 3.31. The Morgan fingerprint density at radius 3 is 2.67 bits per heavy atom. The zero-order chi connectivity index (χ0) is 11.6. The van der Waals surface area contributed by atoms with Crippen LogP contribution in [0.2, 0.25) is 0 Å². The summed E-state index contributed by atoms with van der Waals surface area (Å²) in [6, 6.07) is 0.189. The van der Waals surface area contributed by atoms with Crippen LogP contribution < -0.4 is 5.73 Å². The summed E-state index contributed by atoms with van der Waals surface area (Å²) >= 11 is 2.94. The van der Waals surface area contributed by atoms with Gasteiger partial charge in [-0.1, -0.05) is 13.3 Å². The first-order valence-electron chi connectivity index (χ1n) is 4.61. The van der Waals surface area contributed by atoms with Crippen LogP contribution >= 0.6 is 15.9 Å². The van der Waals surface area contributed by atoms with Crippen LogP contribution in [-0.4, -0.2) is 5.11 Å². The number of nitrogens with two attached hydrogens (primary N) is 1. The van der Waals surface area contributed by atoms with E-state index in [4.69, 9.17) is 5.73 Å². The Morgan fingerprint density at radius 1 is 1.53 bits per heavy atom. The van der Waals surface area contributed by atoms with Gasteiger partial charge in [0.05, 0.1) is 10.0 Å². The van der Waals surface area contributed by atoms with E-state index in [0.29, 0.717) is 6.42 Å². The minimum atomic E-state index is -1.07. The average Bonchev–Trinajstić information content (AvgIpc) is 2.16. The highest BCUT2D eigenvalue weighted by Gasteiger charge is 2.21. The molecule has 84 valence electrons. The third-order valence-electron chi connectivity index (χ3n) is 2.15. The molecule has 0 bridgehead atoms. The van der Waals surface area contributed by atoms with Crippen LogP contribution in [0.5, 0.6) is 5.75 Å². The molecule has 0 radical (unpaired) electrons. The summed E-state index contributed by atoms with van der Waals surface area (Å²) in [6.45, 7) is 1.88. The molecule has 0 saturated carbocycles. The van der Waals surface area contributed by atoms with E-state index in [1.807, 2.05) is 6.92 Å². The molecular formula is C10H12BrF2NO. The number of hydrogen-bond donors (Lipinski definition) is 2. The van der Waals surface area contributed by atoms with Crippen LogP contribution in [0.3, 0.4) is 0 Å². The lowest BCUT2D eigenvalue weighted by Gasteiger charge is -2.15. The molecule has 15 heavy (non-hydrogen) atoms. The lowest BCUT2D eigenvalue weighted by atomic mass is 10.0. The molecule has 1 aromatic carbocycles. The van der Waals surface area contributed by atoms with Crippen molar-refractivity contribution in [2.24, 2.45) is 5.73 Å². The molecule has 0 saturated heterocycles. The number of benzene rings is 1. The van der Waals surface area contributed by atoms with Crippen molar-refractivity contribution >= 4 is 15.9 Å². The Balaban J connectivity index is 3.26. The van der Waals surface area contributed by atoms with Crippen LogP contribution in [0, 0.1) is 11.6 Å². The third-order valence-corrected chi connectivity index (χ3v) is 2.76. The minimum absolute atomic E-state index is 0.114. The fourth-order valence-electron chi connectivity index (χ4n) is 1.40. The van der Waals surface area contributed by atoms with Crippen LogP contribution in [0.4, 0.5) is 8.78 Å². The standard InChI is InChI=1S/C10H12BrF2NO/c1-2-3-7(14)8-9(13)6(12)4-5(11)10(8)15/h4,7,15H,2-3,14H2,1H3/t7-/m0/s1. The zero-order valence-corrected chi connectivity index (χ0v) is 9.81. The van der Waals surface area contributed by atoms with E-state index in [9.17, 15) is 13.9 Å². The van der Waals surface area contributed by atoms with E-state index < -0.39 is 17.7 Å². The van der Waals surface area contributed by atoms with Crippen molar-refractivity contribution in [1.29, 1.82) is 0 Å². The van der Waals surface area contributed by atoms with Gasteiger partial charge >= 0.3 is 0 Å². The average molecular weight is 280 g/mol. The molecular weight excluding hydrogens is 268 g/mol. The van der Waals surface area contributed by atoms with Gasteiger partial charge in [0.2, 0.25) is 0 Å². The maximum absolute atomic E-state index is 13.4. The van der Waals surface area contributed by atoms with E-state index in [2.05, 4.69) is 15.9 Å². The normalized spacial score (nSPS) is 12.9. The van der Waals surface area contributed by atoms with Crippen molar-refractivity contribution in [1.82, 2.24) is 0 Å². The molecule has 1 rings (SSSR count). The van der Waals surface area contributed by atoms with Crippen LogP contribution in [0.1, 0.15) is 31.4 Å². The molecule has 0 fully saturated rings. The summed E-state index contributed by atoms with van der Waals surface area (Å²) in [6.07, 6.45) is 1.22. The maximum atomic E-state index is 13.4. The van der Waals surface area contributed by atoms with Gasteiger partial charge in [-0.25, -0.2) is 8.78 Å². The van der Waals surface area contributed by atoms with Crippen molar-refractivity contribution in [3.63, 3.8) is 0 Å². The molecule has 1 atom stereocenters. The van der Waals surface area contributed by atoms with Crippen molar-refractivity contribution in [3.05, 3.63) is 27.7 Å². The topological polar surface area (TPSA) is 46.2 Å². The predicted octanol–water partition coefficient (Wildman–Crippen LogP) is 3.23. The Morgan fingerprint density at radius 2 is 2.13 bits per heavy atom. The summed E-state index contributed by atoms with van der Waals surface area (Å²) in [7, 11) is 0. The van der Waals surface area contributed by atoms with Crippen molar-refractivity contribution in [2.75, 3.05) is 0 Å². The first-order valence-corrected chi connectivity index (χ1v) is 5.40. The highest BCUT2D eigenvalue weighted by Crippen LogP contribution is 2.36. The summed E-state index contributed by atoms with van der Waals surface area (Å²) in [5, 5.41) is 9.57. The molecule has 0 amide bonds. The van der Waals surface area contributed by atoms with Crippen LogP contribution in [0.15, 0.2) is 10.5 Å². The van der Waals surface area contributed by atoms with Crippen LogP contribution in [0.25, 0.3) is 0 Å². The third kappa shape index (κ3) is 2.46. The molecule has 0 aliphatic heterocycles. The van der Waals surface area contributed by atoms with Gasteiger partial charge in [0.25, 0.3) is 0 Å². The second-order valence-corrected chi connectivity index (χ2v) is 4.17.